The topological polar surface area (TPSA) is 53.4 Å². The summed E-state index contributed by atoms with van der Waals surface area (Å²) < 4.78 is 2.04. The lowest BCUT2D eigenvalue weighted by atomic mass is 10.2. The van der Waals surface area contributed by atoms with Gasteiger partial charge in [0, 0.05) is 26.2 Å². The minimum atomic E-state index is 0.0662. The SMILES string of the molecule is CN(C)C1CCN(CC(=O)NCc2nc3ccccc3n2C)C1. The third kappa shape index (κ3) is 3.54. The molecule has 0 radical (unpaired) electrons. The van der Waals surface area contributed by atoms with Crippen LogP contribution in [0.15, 0.2) is 24.3 Å². The lowest BCUT2D eigenvalue weighted by Crippen LogP contribution is -2.38. The highest BCUT2D eigenvalue weighted by atomic mass is 16.2. The van der Waals surface area contributed by atoms with Gasteiger partial charge in [0.05, 0.1) is 24.1 Å². The van der Waals surface area contributed by atoms with Crippen LogP contribution < -0.4 is 5.32 Å². The Hall–Kier alpha value is -1.92. The van der Waals surface area contributed by atoms with E-state index in [1.54, 1.807) is 0 Å². The number of aryl methyl sites for hydroxylation is 1. The van der Waals surface area contributed by atoms with E-state index in [1.807, 2.05) is 35.9 Å². The molecular weight excluding hydrogens is 290 g/mol. The van der Waals surface area contributed by atoms with Gasteiger partial charge in [0.15, 0.2) is 0 Å². The molecule has 1 aliphatic rings. The summed E-state index contributed by atoms with van der Waals surface area (Å²) in [4.78, 5) is 21.2. The first-order valence-corrected chi connectivity index (χ1v) is 8.10. The van der Waals surface area contributed by atoms with Gasteiger partial charge < -0.3 is 14.8 Å². The summed E-state index contributed by atoms with van der Waals surface area (Å²) in [6, 6.07) is 8.57. The molecule has 6 heteroatoms. The number of likely N-dealkylation sites (tertiary alicyclic amines) is 1. The lowest BCUT2D eigenvalue weighted by Gasteiger charge is -2.20. The molecule has 1 N–H and O–H groups in total. The van der Waals surface area contributed by atoms with Crippen LogP contribution in [0.3, 0.4) is 0 Å². The van der Waals surface area contributed by atoms with E-state index in [2.05, 4.69) is 34.2 Å². The molecule has 2 heterocycles. The van der Waals surface area contributed by atoms with Crippen molar-refractivity contribution in [3.63, 3.8) is 0 Å². The molecule has 1 aliphatic heterocycles. The number of hydrogen-bond acceptors (Lipinski definition) is 4. The Labute approximate surface area is 137 Å². The molecule has 1 unspecified atom stereocenters. The molecule has 0 aliphatic carbocycles. The number of hydrogen-bond donors (Lipinski definition) is 1. The maximum absolute atomic E-state index is 12.2. The number of rotatable bonds is 5. The van der Waals surface area contributed by atoms with Crippen molar-refractivity contribution >= 4 is 16.9 Å². The molecule has 0 bridgehead atoms. The van der Waals surface area contributed by atoms with Gasteiger partial charge in [0.2, 0.25) is 5.91 Å². The number of carbonyl (C=O) groups excluding carboxylic acids is 1. The number of para-hydroxylation sites is 2. The molecule has 2 aromatic rings. The number of fused-ring (bicyclic) bond motifs is 1. The first kappa shape index (κ1) is 16.0. The van der Waals surface area contributed by atoms with E-state index in [4.69, 9.17) is 0 Å². The van der Waals surface area contributed by atoms with Crippen LogP contribution in [0, 0.1) is 0 Å². The Balaban J connectivity index is 1.53. The predicted octanol–water partition coefficient (Wildman–Crippen LogP) is 0.825. The van der Waals surface area contributed by atoms with Gasteiger partial charge in [-0.3, -0.25) is 9.69 Å². The van der Waals surface area contributed by atoms with Crippen LogP contribution in [0.1, 0.15) is 12.2 Å². The lowest BCUT2D eigenvalue weighted by molar-refractivity contribution is -0.122. The number of likely N-dealkylation sites (N-methyl/N-ethyl adjacent to an activating group) is 1. The number of amides is 1. The normalized spacial score (nSPS) is 18.9. The molecule has 0 spiro atoms. The number of aromatic nitrogens is 2. The zero-order valence-corrected chi connectivity index (χ0v) is 14.1. The van der Waals surface area contributed by atoms with Crippen molar-refractivity contribution < 1.29 is 4.79 Å². The first-order chi connectivity index (χ1) is 11.0. The maximum Gasteiger partial charge on any atom is 0.234 e. The second-order valence-electron chi connectivity index (χ2n) is 6.49. The molecular formula is C17H25N5O. The largest absolute Gasteiger partial charge is 0.348 e. The summed E-state index contributed by atoms with van der Waals surface area (Å²) in [6.07, 6.45) is 1.13. The number of imidazole rings is 1. The molecule has 1 fully saturated rings. The van der Waals surface area contributed by atoms with Crippen LogP contribution >= 0.6 is 0 Å². The van der Waals surface area contributed by atoms with Crippen molar-refractivity contribution in [2.45, 2.75) is 19.0 Å². The van der Waals surface area contributed by atoms with Crippen molar-refractivity contribution in [3.05, 3.63) is 30.1 Å². The van der Waals surface area contributed by atoms with Gasteiger partial charge in [-0.2, -0.15) is 0 Å². The molecule has 6 nitrogen and oxygen atoms in total. The summed E-state index contributed by atoms with van der Waals surface area (Å²) in [5.74, 6) is 0.948. The van der Waals surface area contributed by atoms with Crippen LogP contribution in [0.25, 0.3) is 11.0 Å². The van der Waals surface area contributed by atoms with Crippen LogP contribution in [-0.2, 0) is 18.4 Å². The van der Waals surface area contributed by atoms with Crippen molar-refractivity contribution in [1.29, 1.82) is 0 Å². The summed E-state index contributed by atoms with van der Waals surface area (Å²) in [5.41, 5.74) is 2.05. The van der Waals surface area contributed by atoms with E-state index >= 15 is 0 Å². The number of benzene rings is 1. The summed E-state index contributed by atoms with van der Waals surface area (Å²) in [7, 11) is 6.18. The van der Waals surface area contributed by atoms with E-state index in [9.17, 15) is 4.79 Å². The van der Waals surface area contributed by atoms with Gasteiger partial charge in [-0.15, -0.1) is 0 Å². The fourth-order valence-electron chi connectivity index (χ4n) is 3.17. The Morgan fingerprint density at radius 3 is 2.87 bits per heavy atom. The highest BCUT2D eigenvalue weighted by molar-refractivity contribution is 5.78. The van der Waals surface area contributed by atoms with Crippen molar-refractivity contribution in [1.82, 2.24) is 24.7 Å². The number of nitrogens with zero attached hydrogens (tertiary/aromatic N) is 4. The average Bonchev–Trinajstić information content (AvgIpc) is 3.11. The van der Waals surface area contributed by atoms with Gasteiger partial charge in [0.1, 0.15) is 5.82 Å². The molecule has 1 saturated heterocycles. The minimum Gasteiger partial charge on any atom is -0.348 e. The average molecular weight is 315 g/mol. The number of nitrogens with one attached hydrogen (secondary N) is 1. The highest BCUT2D eigenvalue weighted by Crippen LogP contribution is 2.14. The molecule has 1 aromatic heterocycles. The fourth-order valence-corrected chi connectivity index (χ4v) is 3.17. The quantitative estimate of drug-likeness (QED) is 0.888. The van der Waals surface area contributed by atoms with Gasteiger partial charge in [-0.25, -0.2) is 4.98 Å². The third-order valence-electron chi connectivity index (χ3n) is 4.67. The second kappa shape index (κ2) is 6.68. The predicted molar refractivity (Wildman–Crippen MR) is 91.1 cm³/mol. The van der Waals surface area contributed by atoms with Crippen molar-refractivity contribution in [2.24, 2.45) is 7.05 Å². The summed E-state index contributed by atoms with van der Waals surface area (Å²) in [5, 5.41) is 2.99. The second-order valence-corrected chi connectivity index (χ2v) is 6.49. The van der Waals surface area contributed by atoms with Crippen molar-refractivity contribution in [3.8, 4) is 0 Å². The zero-order chi connectivity index (χ0) is 16.4. The Kier molecular flexibility index (Phi) is 4.63. The molecule has 0 saturated carbocycles. The van der Waals surface area contributed by atoms with E-state index in [-0.39, 0.29) is 5.91 Å². The molecule has 1 amide bonds. The van der Waals surface area contributed by atoms with Gasteiger partial charge in [0.25, 0.3) is 0 Å². The van der Waals surface area contributed by atoms with Gasteiger partial charge in [-0.05, 0) is 32.6 Å². The van der Waals surface area contributed by atoms with Crippen LogP contribution in [0.4, 0.5) is 0 Å². The smallest absolute Gasteiger partial charge is 0.234 e. The zero-order valence-electron chi connectivity index (χ0n) is 14.1. The van der Waals surface area contributed by atoms with Crippen LogP contribution in [-0.4, -0.2) is 65.0 Å². The summed E-state index contributed by atoms with van der Waals surface area (Å²) >= 11 is 0. The molecule has 1 atom stereocenters. The summed E-state index contributed by atoms with van der Waals surface area (Å²) in [6.45, 7) is 2.89. The molecule has 124 valence electrons. The third-order valence-corrected chi connectivity index (χ3v) is 4.67. The Bertz CT molecular complexity index is 693. The Morgan fingerprint density at radius 1 is 1.39 bits per heavy atom. The van der Waals surface area contributed by atoms with Crippen LogP contribution in [0.2, 0.25) is 0 Å². The minimum absolute atomic E-state index is 0.0662. The van der Waals surface area contributed by atoms with E-state index in [1.165, 1.54) is 0 Å². The van der Waals surface area contributed by atoms with Gasteiger partial charge >= 0.3 is 0 Å². The van der Waals surface area contributed by atoms with Crippen molar-refractivity contribution in [2.75, 3.05) is 33.7 Å². The first-order valence-electron chi connectivity index (χ1n) is 8.10. The van der Waals surface area contributed by atoms with Crippen LogP contribution in [0.5, 0.6) is 0 Å². The molecule has 1 aromatic carbocycles. The van der Waals surface area contributed by atoms with Gasteiger partial charge in [-0.1, -0.05) is 12.1 Å². The van der Waals surface area contributed by atoms with E-state index in [0.717, 1.165) is 36.4 Å². The Morgan fingerprint density at radius 2 is 2.17 bits per heavy atom. The van der Waals surface area contributed by atoms with E-state index in [0.29, 0.717) is 19.1 Å². The monoisotopic (exact) mass is 315 g/mol. The highest BCUT2D eigenvalue weighted by Gasteiger charge is 2.25. The van der Waals surface area contributed by atoms with E-state index < -0.39 is 0 Å². The molecule has 3 rings (SSSR count). The fraction of sp³-hybridized carbons (Fsp3) is 0.529. The standard InChI is InChI=1S/C17H25N5O/c1-20(2)13-8-9-22(11-13)12-17(23)18-10-16-19-14-6-4-5-7-15(14)21(16)3/h4-7,13H,8-12H2,1-3H3,(H,18,23). The number of carbonyl (C=O) groups is 1. The maximum atomic E-state index is 12.2. The molecule has 23 heavy (non-hydrogen) atoms.